The third-order valence-electron chi connectivity index (χ3n) is 1.60. The minimum Gasteiger partial charge on any atom is -0.481 e. The largest absolute Gasteiger partial charge is 0.481 e. The normalized spacial score (nSPS) is 23.8. The molecule has 1 atom stereocenters. The molecule has 11 heavy (non-hydrogen) atoms. The molecule has 1 saturated heterocycles. The first-order valence-electron chi connectivity index (χ1n) is 3.66. The second-order valence-electron chi connectivity index (χ2n) is 2.64. The van der Waals surface area contributed by atoms with Gasteiger partial charge in [0.2, 0.25) is 0 Å². The number of carboxylic acids is 1. The van der Waals surface area contributed by atoms with Gasteiger partial charge in [-0.15, -0.1) is 11.8 Å². The van der Waals surface area contributed by atoms with E-state index < -0.39 is 5.97 Å². The maximum atomic E-state index is 10.1. The molecule has 1 aliphatic rings. The molecule has 0 aliphatic carbocycles. The molecule has 1 N–H and O–H groups in total. The predicted molar refractivity (Wildman–Crippen MR) is 43.9 cm³/mol. The summed E-state index contributed by atoms with van der Waals surface area (Å²) in [5, 5.41) is 8.34. The van der Waals surface area contributed by atoms with Crippen LogP contribution in [0.15, 0.2) is 0 Å². The van der Waals surface area contributed by atoms with Crippen LogP contribution in [0.1, 0.15) is 6.42 Å². The van der Waals surface area contributed by atoms with E-state index >= 15 is 0 Å². The molecule has 0 bridgehead atoms. The van der Waals surface area contributed by atoms with Crippen LogP contribution in [0, 0.1) is 5.92 Å². The van der Waals surface area contributed by atoms with Crippen molar-refractivity contribution < 1.29 is 14.6 Å². The Hall–Kier alpha value is -0.220. The highest BCUT2D eigenvalue weighted by molar-refractivity contribution is 7.99. The lowest BCUT2D eigenvalue weighted by molar-refractivity contribution is -0.133. The molecule has 0 amide bonds. The Morgan fingerprint density at radius 2 is 2.55 bits per heavy atom. The molecule has 1 fully saturated rings. The molecule has 0 saturated carbocycles. The van der Waals surface area contributed by atoms with E-state index in [0.29, 0.717) is 5.92 Å². The average Bonchev–Trinajstić information content (AvgIpc) is 2.39. The first kappa shape index (κ1) is 8.87. The Balaban J connectivity index is 1.98. The van der Waals surface area contributed by atoms with Crippen LogP contribution in [0.3, 0.4) is 0 Å². The number of hydrogen-bond donors (Lipinski definition) is 1. The third-order valence-corrected chi connectivity index (χ3v) is 2.76. The number of ether oxygens (including phenoxy) is 1. The summed E-state index contributed by atoms with van der Waals surface area (Å²) in [7, 11) is 0. The third kappa shape index (κ3) is 3.62. The minimum atomic E-state index is -0.728. The van der Waals surface area contributed by atoms with Gasteiger partial charge in [0, 0.05) is 6.61 Å². The summed E-state index contributed by atoms with van der Waals surface area (Å²) in [6.45, 7) is 1.66. The maximum absolute atomic E-state index is 10.1. The van der Waals surface area contributed by atoms with Crippen LogP contribution < -0.4 is 0 Å². The number of carboxylic acid groups (broad SMARTS) is 1. The van der Waals surface area contributed by atoms with E-state index in [-0.39, 0.29) is 5.75 Å². The van der Waals surface area contributed by atoms with E-state index in [9.17, 15) is 4.79 Å². The minimum absolute atomic E-state index is 0.219. The van der Waals surface area contributed by atoms with Gasteiger partial charge in [0.1, 0.15) is 0 Å². The fourth-order valence-corrected chi connectivity index (χ4v) is 1.92. The van der Waals surface area contributed by atoms with Crippen LogP contribution in [0.5, 0.6) is 0 Å². The van der Waals surface area contributed by atoms with Gasteiger partial charge < -0.3 is 9.84 Å². The van der Waals surface area contributed by atoms with E-state index in [1.165, 1.54) is 11.8 Å². The zero-order chi connectivity index (χ0) is 8.10. The first-order chi connectivity index (χ1) is 5.29. The lowest BCUT2D eigenvalue weighted by atomic mass is 10.2. The number of hydrogen-bond acceptors (Lipinski definition) is 3. The van der Waals surface area contributed by atoms with Gasteiger partial charge in [0.15, 0.2) is 0 Å². The number of thioether (sulfide) groups is 1. The molecule has 0 aromatic rings. The average molecular weight is 176 g/mol. The number of rotatable bonds is 4. The van der Waals surface area contributed by atoms with Crippen molar-refractivity contribution in [2.45, 2.75) is 6.42 Å². The molecule has 0 radical (unpaired) electrons. The monoisotopic (exact) mass is 176 g/mol. The molecular formula is C7H12O3S. The Bertz CT molecular complexity index is 132. The standard InChI is InChI=1S/C7H12O3S/c8-7(9)5-11-4-6-1-2-10-3-6/h6H,1-5H2,(H,8,9). The van der Waals surface area contributed by atoms with E-state index in [0.717, 1.165) is 25.4 Å². The Labute approximate surface area is 70.1 Å². The fraction of sp³-hybridized carbons (Fsp3) is 0.857. The summed E-state index contributed by atoms with van der Waals surface area (Å²) in [6.07, 6.45) is 1.09. The van der Waals surface area contributed by atoms with E-state index in [1.807, 2.05) is 0 Å². The van der Waals surface area contributed by atoms with Crippen molar-refractivity contribution in [2.75, 3.05) is 24.7 Å². The van der Waals surface area contributed by atoms with E-state index in [1.54, 1.807) is 0 Å². The molecule has 0 spiro atoms. The molecular weight excluding hydrogens is 164 g/mol. The summed E-state index contributed by atoms with van der Waals surface area (Å²) in [5.74, 6) is 0.997. The second-order valence-corrected chi connectivity index (χ2v) is 3.67. The van der Waals surface area contributed by atoms with Crippen LogP contribution in [0.2, 0.25) is 0 Å². The van der Waals surface area contributed by atoms with Crippen molar-refractivity contribution >= 4 is 17.7 Å². The Morgan fingerprint density at radius 1 is 1.73 bits per heavy atom. The van der Waals surface area contributed by atoms with Crippen LogP contribution in [0.4, 0.5) is 0 Å². The van der Waals surface area contributed by atoms with Crippen molar-refractivity contribution in [3.63, 3.8) is 0 Å². The van der Waals surface area contributed by atoms with Gasteiger partial charge in [0.25, 0.3) is 0 Å². The molecule has 1 rings (SSSR count). The van der Waals surface area contributed by atoms with Crippen LogP contribution in [-0.4, -0.2) is 35.8 Å². The quantitative estimate of drug-likeness (QED) is 0.689. The molecule has 3 nitrogen and oxygen atoms in total. The summed E-state index contributed by atoms with van der Waals surface area (Å²) >= 11 is 1.48. The summed E-state index contributed by atoms with van der Waals surface area (Å²) < 4.78 is 5.15. The molecule has 1 unspecified atom stereocenters. The fourth-order valence-electron chi connectivity index (χ4n) is 1.03. The summed E-state index contributed by atoms with van der Waals surface area (Å²) in [5.41, 5.74) is 0. The molecule has 0 aromatic carbocycles. The summed E-state index contributed by atoms with van der Waals surface area (Å²) in [6, 6.07) is 0. The maximum Gasteiger partial charge on any atom is 0.313 e. The van der Waals surface area contributed by atoms with Gasteiger partial charge >= 0.3 is 5.97 Å². The second kappa shape index (κ2) is 4.62. The molecule has 0 aromatic heterocycles. The number of carbonyl (C=O) groups is 1. The highest BCUT2D eigenvalue weighted by Crippen LogP contribution is 2.17. The van der Waals surface area contributed by atoms with E-state index in [4.69, 9.17) is 9.84 Å². The van der Waals surface area contributed by atoms with Crippen LogP contribution >= 0.6 is 11.8 Å². The van der Waals surface area contributed by atoms with Gasteiger partial charge in [-0.3, -0.25) is 4.79 Å². The van der Waals surface area contributed by atoms with E-state index in [2.05, 4.69) is 0 Å². The zero-order valence-corrected chi connectivity index (χ0v) is 7.10. The Morgan fingerprint density at radius 3 is 3.09 bits per heavy atom. The van der Waals surface area contributed by atoms with Gasteiger partial charge in [-0.2, -0.15) is 0 Å². The zero-order valence-electron chi connectivity index (χ0n) is 6.28. The molecule has 1 aliphatic heterocycles. The molecule has 64 valence electrons. The van der Waals surface area contributed by atoms with Crippen molar-refractivity contribution in [1.82, 2.24) is 0 Å². The van der Waals surface area contributed by atoms with Crippen molar-refractivity contribution in [2.24, 2.45) is 5.92 Å². The van der Waals surface area contributed by atoms with Gasteiger partial charge in [-0.1, -0.05) is 0 Å². The lowest BCUT2D eigenvalue weighted by Crippen LogP contribution is -2.06. The van der Waals surface area contributed by atoms with Gasteiger partial charge in [-0.05, 0) is 18.1 Å². The van der Waals surface area contributed by atoms with Gasteiger partial charge in [0.05, 0.1) is 12.4 Å². The number of aliphatic carboxylic acids is 1. The Kier molecular flexibility index (Phi) is 3.72. The van der Waals surface area contributed by atoms with Crippen molar-refractivity contribution in [3.05, 3.63) is 0 Å². The predicted octanol–water partition coefficient (Wildman–Crippen LogP) is 0.841. The van der Waals surface area contributed by atoms with Crippen molar-refractivity contribution in [3.8, 4) is 0 Å². The van der Waals surface area contributed by atoms with Gasteiger partial charge in [-0.25, -0.2) is 0 Å². The van der Waals surface area contributed by atoms with Crippen molar-refractivity contribution in [1.29, 1.82) is 0 Å². The lowest BCUT2D eigenvalue weighted by Gasteiger charge is -2.03. The highest BCUT2D eigenvalue weighted by Gasteiger charge is 2.15. The first-order valence-corrected chi connectivity index (χ1v) is 4.82. The smallest absolute Gasteiger partial charge is 0.313 e. The van der Waals surface area contributed by atoms with Crippen LogP contribution in [0.25, 0.3) is 0 Å². The molecule has 4 heteroatoms. The van der Waals surface area contributed by atoms with Crippen LogP contribution in [-0.2, 0) is 9.53 Å². The molecule has 1 heterocycles. The summed E-state index contributed by atoms with van der Waals surface area (Å²) in [4.78, 5) is 10.1. The SMILES string of the molecule is O=C(O)CSCC1CCOC1. The topological polar surface area (TPSA) is 46.5 Å². The highest BCUT2D eigenvalue weighted by atomic mass is 32.2.